The molecule has 0 aliphatic carbocycles. The van der Waals surface area contributed by atoms with Gasteiger partial charge in [0.1, 0.15) is 5.75 Å². The van der Waals surface area contributed by atoms with Crippen molar-refractivity contribution in [1.82, 2.24) is 0 Å². The van der Waals surface area contributed by atoms with Gasteiger partial charge in [-0.3, -0.25) is 9.59 Å². The molecule has 1 aliphatic rings. The van der Waals surface area contributed by atoms with Gasteiger partial charge in [0, 0.05) is 18.0 Å². The fraction of sp³-hybridized carbons (Fsp3) is 0.385. The number of esters is 1. The van der Waals surface area contributed by atoms with Crippen LogP contribution in [0.25, 0.3) is 0 Å². The summed E-state index contributed by atoms with van der Waals surface area (Å²) in [5.41, 5.74) is 0.575. The molecule has 6 heteroatoms. The molecule has 0 N–H and O–H groups in total. The van der Waals surface area contributed by atoms with E-state index in [0.29, 0.717) is 16.5 Å². The third-order valence-corrected chi connectivity index (χ3v) is 3.33. The summed E-state index contributed by atoms with van der Waals surface area (Å²) >= 11 is 5.94. The fourth-order valence-electron chi connectivity index (χ4n) is 2.14. The molecule has 0 saturated carbocycles. The highest BCUT2D eigenvalue weighted by Gasteiger charge is 2.36. The molecule has 0 spiro atoms. The Labute approximate surface area is 116 Å². The van der Waals surface area contributed by atoms with Crippen molar-refractivity contribution in [3.63, 3.8) is 0 Å². The first kappa shape index (κ1) is 13.7. The Morgan fingerprint density at radius 3 is 2.79 bits per heavy atom. The van der Waals surface area contributed by atoms with Crippen LogP contribution in [0.2, 0.25) is 5.02 Å². The Balaban J connectivity index is 2.30. The Kier molecular flexibility index (Phi) is 3.95. The van der Waals surface area contributed by atoms with Crippen LogP contribution in [0.15, 0.2) is 18.2 Å². The van der Waals surface area contributed by atoms with E-state index in [9.17, 15) is 9.59 Å². The van der Waals surface area contributed by atoms with Crippen LogP contribution in [0.1, 0.15) is 6.42 Å². The van der Waals surface area contributed by atoms with Gasteiger partial charge in [0.25, 0.3) is 0 Å². The molecule has 0 unspecified atom stereocenters. The van der Waals surface area contributed by atoms with E-state index < -0.39 is 5.92 Å². The van der Waals surface area contributed by atoms with E-state index in [1.165, 1.54) is 19.1 Å². The molecule has 1 aliphatic heterocycles. The van der Waals surface area contributed by atoms with Gasteiger partial charge in [-0.2, -0.15) is 0 Å². The van der Waals surface area contributed by atoms with Crippen LogP contribution in [0, 0.1) is 5.92 Å². The van der Waals surface area contributed by atoms with Gasteiger partial charge in [0.15, 0.2) is 0 Å². The number of methoxy groups -OCH3 is 2. The summed E-state index contributed by atoms with van der Waals surface area (Å²) in [6.45, 7) is 0.280. The van der Waals surface area contributed by atoms with Crippen LogP contribution in [0.5, 0.6) is 5.75 Å². The second-order valence-electron chi connectivity index (χ2n) is 4.24. The maximum Gasteiger partial charge on any atom is 0.311 e. The Bertz CT molecular complexity index is 517. The summed E-state index contributed by atoms with van der Waals surface area (Å²) in [5, 5.41) is 0.505. The van der Waals surface area contributed by atoms with Crippen molar-refractivity contribution in [2.24, 2.45) is 5.92 Å². The Morgan fingerprint density at radius 2 is 2.16 bits per heavy atom. The first-order valence-electron chi connectivity index (χ1n) is 5.78. The van der Waals surface area contributed by atoms with Crippen molar-refractivity contribution >= 4 is 29.2 Å². The van der Waals surface area contributed by atoms with Crippen molar-refractivity contribution in [2.45, 2.75) is 6.42 Å². The molecular formula is C13H14ClNO4. The minimum Gasteiger partial charge on any atom is -0.495 e. The van der Waals surface area contributed by atoms with Gasteiger partial charge in [0.2, 0.25) is 5.91 Å². The first-order chi connectivity index (χ1) is 9.06. The SMILES string of the molecule is COC(=O)[C@H]1CC(=O)N(c2cc(Cl)ccc2OC)C1. The first-order valence-corrected chi connectivity index (χ1v) is 6.16. The zero-order valence-corrected chi connectivity index (χ0v) is 11.4. The molecule has 1 amide bonds. The number of amides is 1. The molecule has 0 bridgehead atoms. The summed E-state index contributed by atoms with van der Waals surface area (Å²) in [7, 11) is 2.83. The topological polar surface area (TPSA) is 55.8 Å². The van der Waals surface area contributed by atoms with Gasteiger partial charge < -0.3 is 14.4 Å². The molecule has 102 valence electrons. The summed E-state index contributed by atoms with van der Waals surface area (Å²) in [4.78, 5) is 25.0. The van der Waals surface area contributed by atoms with Crippen LogP contribution in [0.4, 0.5) is 5.69 Å². The van der Waals surface area contributed by atoms with E-state index in [1.54, 1.807) is 18.2 Å². The summed E-state index contributed by atoms with van der Waals surface area (Å²) in [6, 6.07) is 5.02. The molecule has 1 aromatic rings. The highest BCUT2D eigenvalue weighted by molar-refractivity contribution is 6.31. The third kappa shape index (κ3) is 2.66. The van der Waals surface area contributed by atoms with Gasteiger partial charge in [0.05, 0.1) is 25.8 Å². The normalized spacial score (nSPS) is 18.6. The minimum atomic E-state index is -0.443. The lowest BCUT2D eigenvalue weighted by atomic mass is 10.1. The molecule has 1 saturated heterocycles. The lowest BCUT2D eigenvalue weighted by molar-refractivity contribution is -0.145. The van der Waals surface area contributed by atoms with Crippen molar-refractivity contribution in [3.8, 4) is 5.75 Å². The highest BCUT2D eigenvalue weighted by atomic mass is 35.5. The number of benzene rings is 1. The van der Waals surface area contributed by atoms with Crippen LogP contribution in [-0.4, -0.2) is 32.6 Å². The number of hydrogen-bond donors (Lipinski definition) is 0. The molecule has 19 heavy (non-hydrogen) atoms. The number of hydrogen-bond acceptors (Lipinski definition) is 4. The summed E-state index contributed by atoms with van der Waals surface area (Å²) < 4.78 is 9.89. The van der Waals surface area contributed by atoms with Crippen molar-refractivity contribution in [3.05, 3.63) is 23.2 Å². The molecule has 5 nitrogen and oxygen atoms in total. The van der Waals surface area contributed by atoms with E-state index in [4.69, 9.17) is 16.3 Å². The number of ether oxygens (including phenoxy) is 2. The number of carbonyl (C=O) groups excluding carboxylic acids is 2. The fourth-order valence-corrected chi connectivity index (χ4v) is 2.31. The monoisotopic (exact) mass is 283 g/mol. The average molecular weight is 284 g/mol. The predicted octanol–water partition coefficient (Wildman–Crippen LogP) is 1.87. The molecule has 0 radical (unpaired) electrons. The van der Waals surface area contributed by atoms with Gasteiger partial charge in [-0.1, -0.05) is 11.6 Å². The number of halogens is 1. The molecule has 1 atom stereocenters. The van der Waals surface area contributed by atoms with Crippen LogP contribution < -0.4 is 9.64 Å². The minimum absolute atomic E-state index is 0.141. The van der Waals surface area contributed by atoms with E-state index in [2.05, 4.69) is 4.74 Å². The van der Waals surface area contributed by atoms with E-state index in [-0.39, 0.29) is 24.8 Å². The second kappa shape index (κ2) is 5.48. The lowest BCUT2D eigenvalue weighted by Gasteiger charge is -2.19. The van der Waals surface area contributed by atoms with E-state index in [1.807, 2.05) is 0 Å². The zero-order chi connectivity index (χ0) is 14.0. The van der Waals surface area contributed by atoms with Gasteiger partial charge in [-0.25, -0.2) is 0 Å². The molecule has 1 heterocycles. The quantitative estimate of drug-likeness (QED) is 0.795. The van der Waals surface area contributed by atoms with Crippen molar-refractivity contribution in [1.29, 1.82) is 0 Å². The largest absolute Gasteiger partial charge is 0.495 e. The van der Waals surface area contributed by atoms with Gasteiger partial charge in [-0.05, 0) is 18.2 Å². The molecule has 1 fully saturated rings. The Hall–Kier alpha value is -1.75. The zero-order valence-electron chi connectivity index (χ0n) is 10.7. The average Bonchev–Trinajstić information content (AvgIpc) is 2.79. The van der Waals surface area contributed by atoms with Gasteiger partial charge in [-0.15, -0.1) is 0 Å². The number of anilines is 1. The molecule has 2 rings (SSSR count). The van der Waals surface area contributed by atoms with E-state index >= 15 is 0 Å². The van der Waals surface area contributed by atoms with Crippen molar-refractivity contribution in [2.75, 3.05) is 25.7 Å². The maximum absolute atomic E-state index is 12.0. The standard InChI is InChI=1S/C13H14ClNO4/c1-18-11-4-3-9(14)6-10(11)15-7-8(5-12(15)16)13(17)19-2/h3-4,6,8H,5,7H2,1-2H3/t8-/m0/s1. The molecule has 0 aromatic heterocycles. The summed E-state index contributed by atoms with van der Waals surface area (Å²) in [5.74, 6) is -0.419. The maximum atomic E-state index is 12.0. The molecule has 1 aromatic carbocycles. The van der Waals surface area contributed by atoms with Crippen LogP contribution in [0.3, 0.4) is 0 Å². The van der Waals surface area contributed by atoms with Crippen LogP contribution >= 0.6 is 11.6 Å². The predicted molar refractivity (Wildman–Crippen MR) is 70.5 cm³/mol. The number of nitrogens with zero attached hydrogens (tertiary/aromatic N) is 1. The summed E-state index contributed by atoms with van der Waals surface area (Å²) in [6.07, 6.45) is 0.141. The Morgan fingerprint density at radius 1 is 1.42 bits per heavy atom. The smallest absolute Gasteiger partial charge is 0.311 e. The number of rotatable bonds is 3. The van der Waals surface area contributed by atoms with Crippen molar-refractivity contribution < 1.29 is 19.1 Å². The lowest BCUT2D eigenvalue weighted by Crippen LogP contribution is -2.26. The molecular weight excluding hydrogens is 270 g/mol. The highest BCUT2D eigenvalue weighted by Crippen LogP contribution is 2.35. The third-order valence-electron chi connectivity index (χ3n) is 3.09. The van der Waals surface area contributed by atoms with E-state index in [0.717, 1.165) is 0 Å². The second-order valence-corrected chi connectivity index (χ2v) is 4.68. The number of carbonyl (C=O) groups is 2. The van der Waals surface area contributed by atoms with Gasteiger partial charge >= 0.3 is 5.97 Å². The van der Waals surface area contributed by atoms with Crippen LogP contribution in [-0.2, 0) is 14.3 Å².